The van der Waals surface area contributed by atoms with Crippen molar-refractivity contribution in [2.24, 2.45) is 5.92 Å². The van der Waals surface area contributed by atoms with E-state index in [1.807, 2.05) is 36.1 Å². The number of aliphatic hydroxyl groups is 1. The summed E-state index contributed by atoms with van der Waals surface area (Å²) in [7, 11) is 0. The van der Waals surface area contributed by atoms with Crippen molar-refractivity contribution in [1.29, 1.82) is 0 Å². The third kappa shape index (κ3) is 4.27. The molecule has 2 aliphatic heterocycles. The zero-order chi connectivity index (χ0) is 18.4. The van der Waals surface area contributed by atoms with Crippen molar-refractivity contribution in [1.82, 2.24) is 4.90 Å². The molecule has 5 nitrogen and oxygen atoms in total. The van der Waals surface area contributed by atoms with Crippen molar-refractivity contribution in [2.45, 2.75) is 44.8 Å². The molecule has 5 heteroatoms. The van der Waals surface area contributed by atoms with E-state index in [2.05, 4.69) is 12.1 Å². The summed E-state index contributed by atoms with van der Waals surface area (Å²) in [4.78, 5) is 14.8. The second-order valence-electron chi connectivity index (χ2n) is 6.94. The number of rotatable bonds is 7. The van der Waals surface area contributed by atoms with Gasteiger partial charge in [-0.3, -0.25) is 4.79 Å². The quantitative estimate of drug-likeness (QED) is 0.813. The van der Waals surface area contributed by atoms with Gasteiger partial charge in [0.25, 0.3) is 5.91 Å². The van der Waals surface area contributed by atoms with Gasteiger partial charge in [-0.2, -0.15) is 0 Å². The highest BCUT2D eigenvalue weighted by atomic mass is 16.7. The molecule has 1 fully saturated rings. The number of allylic oxidation sites excluding steroid dienone is 1. The maximum atomic E-state index is 12.9. The van der Waals surface area contributed by atoms with Crippen LogP contribution in [0.2, 0.25) is 0 Å². The molecule has 0 spiro atoms. The molecule has 2 aliphatic rings. The van der Waals surface area contributed by atoms with Gasteiger partial charge in [0.05, 0.1) is 0 Å². The van der Waals surface area contributed by atoms with Gasteiger partial charge in [0.15, 0.2) is 5.76 Å². The van der Waals surface area contributed by atoms with Crippen LogP contribution in [-0.2, 0) is 14.3 Å². The van der Waals surface area contributed by atoms with Crippen LogP contribution in [0.15, 0.2) is 42.2 Å². The molecule has 1 saturated heterocycles. The molecule has 0 saturated carbocycles. The predicted molar refractivity (Wildman–Crippen MR) is 99.4 cm³/mol. The van der Waals surface area contributed by atoms with Crippen LogP contribution in [0, 0.1) is 5.92 Å². The van der Waals surface area contributed by atoms with E-state index < -0.39 is 6.29 Å². The third-order valence-electron chi connectivity index (χ3n) is 5.20. The van der Waals surface area contributed by atoms with Crippen LogP contribution in [-0.4, -0.2) is 48.5 Å². The first-order chi connectivity index (χ1) is 12.7. The van der Waals surface area contributed by atoms with Gasteiger partial charge in [-0.25, -0.2) is 0 Å². The maximum Gasteiger partial charge on any atom is 0.288 e. The normalized spacial score (nSPS) is 25.7. The van der Waals surface area contributed by atoms with Gasteiger partial charge < -0.3 is 19.5 Å². The minimum Gasteiger partial charge on any atom is -0.459 e. The summed E-state index contributed by atoms with van der Waals surface area (Å²) in [6.45, 7) is 4.18. The Morgan fingerprint density at radius 3 is 2.65 bits per heavy atom. The highest BCUT2D eigenvalue weighted by Crippen LogP contribution is 2.39. The number of ether oxygens (including phenoxy) is 2. The van der Waals surface area contributed by atoms with Gasteiger partial charge in [0, 0.05) is 38.1 Å². The SMILES string of the molecule is CCO[C@H]1OC(C(=O)N2CCCC2)=C[C@@H](c2ccccc2)[C@H]1CCCO. The van der Waals surface area contributed by atoms with Crippen molar-refractivity contribution >= 4 is 5.91 Å². The Morgan fingerprint density at radius 1 is 1.27 bits per heavy atom. The van der Waals surface area contributed by atoms with E-state index in [1.54, 1.807) is 0 Å². The molecule has 0 unspecified atom stereocenters. The van der Waals surface area contributed by atoms with Crippen LogP contribution in [0.5, 0.6) is 0 Å². The lowest BCUT2D eigenvalue weighted by Crippen LogP contribution is -2.39. The Labute approximate surface area is 155 Å². The second-order valence-corrected chi connectivity index (χ2v) is 6.94. The van der Waals surface area contributed by atoms with E-state index in [9.17, 15) is 9.90 Å². The standard InChI is InChI=1S/C21H29NO4/c1-2-25-21-17(11-8-14-23)18(16-9-4-3-5-10-16)15-19(26-21)20(24)22-12-6-7-13-22/h3-5,9-10,15,17-18,21,23H,2,6-8,11-14H2,1H3/t17-,18+,21+/m1/s1. The molecule has 26 heavy (non-hydrogen) atoms. The average molecular weight is 359 g/mol. The zero-order valence-corrected chi connectivity index (χ0v) is 15.5. The van der Waals surface area contributed by atoms with Crippen LogP contribution in [0.1, 0.15) is 44.1 Å². The lowest BCUT2D eigenvalue weighted by atomic mass is 9.80. The molecule has 1 N–H and O–H groups in total. The van der Waals surface area contributed by atoms with E-state index in [4.69, 9.17) is 9.47 Å². The molecule has 142 valence electrons. The molecule has 1 amide bonds. The fourth-order valence-electron chi connectivity index (χ4n) is 3.89. The number of carbonyl (C=O) groups excluding carboxylic acids is 1. The molecule has 3 atom stereocenters. The predicted octanol–water partition coefficient (Wildman–Crippen LogP) is 3.06. The van der Waals surface area contributed by atoms with Crippen LogP contribution < -0.4 is 0 Å². The number of benzene rings is 1. The number of aliphatic hydroxyl groups excluding tert-OH is 1. The Kier molecular flexibility index (Phi) is 6.69. The van der Waals surface area contributed by atoms with E-state index in [-0.39, 0.29) is 24.3 Å². The summed E-state index contributed by atoms with van der Waals surface area (Å²) < 4.78 is 11.9. The molecular weight excluding hydrogens is 330 g/mol. The number of amides is 1. The van der Waals surface area contributed by atoms with Crippen LogP contribution in [0.3, 0.4) is 0 Å². The molecule has 0 radical (unpaired) electrons. The first-order valence-corrected chi connectivity index (χ1v) is 9.69. The molecule has 2 heterocycles. The fraction of sp³-hybridized carbons (Fsp3) is 0.571. The molecule has 3 rings (SSSR count). The summed E-state index contributed by atoms with van der Waals surface area (Å²) in [6, 6.07) is 10.2. The minimum atomic E-state index is -0.469. The van der Waals surface area contributed by atoms with Crippen LogP contribution in [0.4, 0.5) is 0 Å². The Morgan fingerprint density at radius 2 is 2.00 bits per heavy atom. The Balaban J connectivity index is 1.91. The van der Waals surface area contributed by atoms with E-state index in [1.165, 1.54) is 0 Å². The summed E-state index contributed by atoms with van der Waals surface area (Å²) in [5.74, 6) is 0.474. The lowest BCUT2D eigenvalue weighted by molar-refractivity contribution is -0.170. The van der Waals surface area contributed by atoms with E-state index in [0.717, 1.165) is 37.9 Å². The van der Waals surface area contributed by atoms with Gasteiger partial charge in [-0.05, 0) is 44.2 Å². The van der Waals surface area contributed by atoms with Gasteiger partial charge in [-0.1, -0.05) is 30.3 Å². The fourth-order valence-corrected chi connectivity index (χ4v) is 3.89. The van der Waals surface area contributed by atoms with Gasteiger partial charge in [0.2, 0.25) is 6.29 Å². The highest BCUT2D eigenvalue weighted by molar-refractivity contribution is 5.92. The number of carbonyl (C=O) groups is 1. The zero-order valence-electron chi connectivity index (χ0n) is 15.5. The van der Waals surface area contributed by atoms with Gasteiger partial charge >= 0.3 is 0 Å². The summed E-state index contributed by atoms with van der Waals surface area (Å²) in [5, 5.41) is 9.30. The number of nitrogens with zero attached hydrogens (tertiary/aromatic N) is 1. The first-order valence-electron chi connectivity index (χ1n) is 9.69. The first kappa shape index (κ1) is 18.9. The van der Waals surface area contributed by atoms with E-state index >= 15 is 0 Å². The minimum absolute atomic E-state index is 0.0336. The number of hydrogen-bond acceptors (Lipinski definition) is 4. The third-order valence-corrected chi connectivity index (χ3v) is 5.20. The van der Waals surface area contributed by atoms with Gasteiger partial charge in [-0.15, -0.1) is 0 Å². The van der Waals surface area contributed by atoms with Crippen molar-refractivity contribution in [3.63, 3.8) is 0 Å². The average Bonchev–Trinajstić information content (AvgIpc) is 3.21. The maximum absolute atomic E-state index is 12.9. The molecular formula is C21H29NO4. The van der Waals surface area contributed by atoms with Gasteiger partial charge in [0.1, 0.15) is 0 Å². The molecule has 0 aromatic heterocycles. The van der Waals surface area contributed by atoms with Crippen molar-refractivity contribution in [3.8, 4) is 0 Å². The van der Waals surface area contributed by atoms with Crippen LogP contribution >= 0.6 is 0 Å². The Bertz CT molecular complexity index is 610. The topological polar surface area (TPSA) is 59.0 Å². The monoisotopic (exact) mass is 359 g/mol. The van der Waals surface area contributed by atoms with Crippen LogP contribution in [0.25, 0.3) is 0 Å². The smallest absolute Gasteiger partial charge is 0.288 e. The number of likely N-dealkylation sites (tertiary alicyclic amines) is 1. The second kappa shape index (κ2) is 9.19. The molecule has 1 aromatic carbocycles. The molecule has 0 aliphatic carbocycles. The summed E-state index contributed by atoms with van der Waals surface area (Å²) >= 11 is 0. The molecule has 1 aromatic rings. The molecule has 0 bridgehead atoms. The summed E-state index contributed by atoms with van der Waals surface area (Å²) in [6.07, 6.45) is 5.06. The van der Waals surface area contributed by atoms with Crippen molar-refractivity contribution in [3.05, 3.63) is 47.7 Å². The summed E-state index contributed by atoms with van der Waals surface area (Å²) in [5.41, 5.74) is 1.15. The lowest BCUT2D eigenvalue weighted by Gasteiger charge is -2.37. The number of hydrogen-bond donors (Lipinski definition) is 1. The highest BCUT2D eigenvalue weighted by Gasteiger charge is 2.38. The van der Waals surface area contributed by atoms with Crippen molar-refractivity contribution in [2.75, 3.05) is 26.3 Å². The Hall–Kier alpha value is -1.85. The van der Waals surface area contributed by atoms with E-state index in [0.29, 0.717) is 18.8 Å². The largest absolute Gasteiger partial charge is 0.459 e. The van der Waals surface area contributed by atoms with Crippen molar-refractivity contribution < 1.29 is 19.4 Å².